The molecule has 1 N–H and O–H groups in total. The van der Waals surface area contributed by atoms with E-state index in [1.165, 1.54) is 16.9 Å². The third-order valence-electron chi connectivity index (χ3n) is 3.99. The molecule has 2 heterocycles. The highest BCUT2D eigenvalue weighted by molar-refractivity contribution is 7.15. The van der Waals surface area contributed by atoms with Crippen molar-refractivity contribution < 1.29 is 9.53 Å². The van der Waals surface area contributed by atoms with Gasteiger partial charge in [0, 0.05) is 18.5 Å². The molecule has 1 aromatic carbocycles. The van der Waals surface area contributed by atoms with E-state index >= 15 is 0 Å². The molecule has 0 fully saturated rings. The zero-order valence-electron chi connectivity index (χ0n) is 14.4. The summed E-state index contributed by atoms with van der Waals surface area (Å²) < 4.78 is 5.27. The van der Waals surface area contributed by atoms with E-state index in [0.717, 1.165) is 22.7 Å². The number of hydrogen-bond donors (Lipinski definition) is 1. The summed E-state index contributed by atoms with van der Waals surface area (Å²) in [5.74, 6) is 0.815. The third kappa shape index (κ3) is 3.51. The molecule has 0 spiro atoms. The number of fused-ring (bicyclic) bond motifs is 1. The number of carbonyl (C=O) groups is 1. The topological polar surface area (TPSA) is 67.3 Å². The van der Waals surface area contributed by atoms with E-state index in [1.54, 1.807) is 12.0 Å². The Balaban J connectivity index is 1.69. The second-order valence-corrected chi connectivity index (χ2v) is 7.88. The summed E-state index contributed by atoms with van der Waals surface area (Å²) in [5.41, 5.74) is 2.33. The largest absolute Gasteiger partial charge is 0.497 e. The molecule has 1 aliphatic rings. The lowest BCUT2D eigenvalue weighted by molar-refractivity contribution is 0.206. The molecule has 0 saturated heterocycles. The molecule has 0 aliphatic carbocycles. The van der Waals surface area contributed by atoms with E-state index in [2.05, 4.69) is 42.4 Å². The first-order chi connectivity index (χ1) is 11.4. The zero-order chi connectivity index (χ0) is 17.3. The van der Waals surface area contributed by atoms with Crippen molar-refractivity contribution in [1.82, 2.24) is 15.1 Å². The van der Waals surface area contributed by atoms with Gasteiger partial charge in [0.05, 0.1) is 7.11 Å². The fraction of sp³-hybridized carbons (Fsp3) is 0.471. The fourth-order valence-electron chi connectivity index (χ4n) is 2.58. The van der Waals surface area contributed by atoms with E-state index in [4.69, 9.17) is 4.74 Å². The minimum absolute atomic E-state index is 0.0682. The third-order valence-corrected chi connectivity index (χ3v) is 5.26. The van der Waals surface area contributed by atoms with Crippen molar-refractivity contribution in [2.75, 3.05) is 19.0 Å². The molecule has 7 heteroatoms. The van der Waals surface area contributed by atoms with Gasteiger partial charge in [-0.25, -0.2) is 4.79 Å². The smallest absolute Gasteiger partial charge is 0.324 e. The molecule has 0 saturated carbocycles. The highest BCUT2D eigenvalue weighted by atomic mass is 32.1. The number of nitrogens with one attached hydrogen (secondary N) is 1. The minimum atomic E-state index is -0.139. The Hall–Kier alpha value is -2.15. The lowest BCUT2D eigenvalue weighted by Gasteiger charge is -2.28. The van der Waals surface area contributed by atoms with Gasteiger partial charge in [-0.15, -0.1) is 10.2 Å². The number of methoxy groups -OCH3 is 1. The van der Waals surface area contributed by atoms with E-state index in [1.807, 2.05) is 12.1 Å². The van der Waals surface area contributed by atoms with Gasteiger partial charge in [-0.3, -0.25) is 5.32 Å². The number of amides is 2. The average Bonchev–Trinajstić information content (AvgIpc) is 3.02. The van der Waals surface area contributed by atoms with Gasteiger partial charge in [0.25, 0.3) is 0 Å². The normalized spacial score (nSPS) is 14.2. The molecule has 0 atom stereocenters. The van der Waals surface area contributed by atoms with Crippen LogP contribution < -0.4 is 10.1 Å². The Morgan fingerprint density at radius 3 is 2.75 bits per heavy atom. The van der Waals surface area contributed by atoms with Crippen molar-refractivity contribution in [2.24, 2.45) is 0 Å². The van der Waals surface area contributed by atoms with Crippen molar-refractivity contribution >= 4 is 22.5 Å². The monoisotopic (exact) mass is 346 g/mol. The maximum absolute atomic E-state index is 12.5. The number of urea groups is 1. The van der Waals surface area contributed by atoms with Crippen molar-refractivity contribution in [3.05, 3.63) is 34.3 Å². The maximum Gasteiger partial charge on any atom is 0.324 e. The predicted molar refractivity (Wildman–Crippen MR) is 94.7 cm³/mol. The van der Waals surface area contributed by atoms with Crippen LogP contribution in [0.25, 0.3) is 0 Å². The van der Waals surface area contributed by atoms with Gasteiger partial charge in [-0.1, -0.05) is 38.2 Å². The average molecular weight is 346 g/mol. The molecule has 3 rings (SSSR count). The molecule has 1 aliphatic heterocycles. The number of benzene rings is 1. The number of aromatic nitrogens is 2. The second-order valence-electron chi connectivity index (χ2n) is 6.90. The van der Waals surface area contributed by atoms with E-state index in [9.17, 15) is 4.79 Å². The number of ether oxygens (including phenoxy) is 1. The molecule has 128 valence electrons. The molecular weight excluding hydrogens is 324 g/mol. The molecule has 24 heavy (non-hydrogen) atoms. The number of hydrogen-bond acceptors (Lipinski definition) is 5. The molecule has 0 unspecified atom stereocenters. The number of rotatable bonds is 2. The van der Waals surface area contributed by atoms with Gasteiger partial charge in [-0.2, -0.15) is 0 Å². The maximum atomic E-state index is 12.5. The molecule has 2 aromatic rings. The highest BCUT2D eigenvalue weighted by Crippen LogP contribution is 2.28. The van der Waals surface area contributed by atoms with Crippen molar-refractivity contribution in [3.8, 4) is 5.75 Å². The number of nitrogens with zero attached hydrogens (tertiary/aromatic N) is 3. The molecule has 1 aromatic heterocycles. The van der Waals surface area contributed by atoms with E-state index in [0.29, 0.717) is 18.2 Å². The lowest BCUT2D eigenvalue weighted by atomic mass is 9.98. The van der Waals surface area contributed by atoms with Gasteiger partial charge in [-0.05, 0) is 29.7 Å². The SMILES string of the molecule is COc1ccc2c(c1)CN(C(=O)Nc1nnc(C(C)(C)C)s1)CC2. The molecule has 6 nitrogen and oxygen atoms in total. The van der Waals surface area contributed by atoms with Crippen LogP contribution in [0.15, 0.2) is 18.2 Å². The van der Waals surface area contributed by atoms with Crippen LogP contribution >= 0.6 is 11.3 Å². The first-order valence-corrected chi connectivity index (χ1v) is 8.74. The lowest BCUT2D eigenvalue weighted by Crippen LogP contribution is -2.38. The molecule has 0 bridgehead atoms. The van der Waals surface area contributed by atoms with E-state index < -0.39 is 0 Å². The fourth-order valence-corrected chi connectivity index (χ4v) is 3.37. The van der Waals surface area contributed by atoms with Crippen LogP contribution in [0.5, 0.6) is 5.75 Å². The van der Waals surface area contributed by atoms with Crippen molar-refractivity contribution in [2.45, 2.75) is 39.2 Å². The first kappa shape index (κ1) is 16.7. The van der Waals surface area contributed by atoms with Gasteiger partial charge in [0.15, 0.2) is 0 Å². The van der Waals surface area contributed by atoms with Crippen LogP contribution in [0.1, 0.15) is 36.9 Å². The summed E-state index contributed by atoms with van der Waals surface area (Å²) >= 11 is 1.42. The molecular formula is C17H22N4O2S. The van der Waals surface area contributed by atoms with Gasteiger partial charge >= 0.3 is 6.03 Å². The first-order valence-electron chi connectivity index (χ1n) is 7.92. The van der Waals surface area contributed by atoms with Crippen LogP contribution in [0.3, 0.4) is 0 Å². The van der Waals surface area contributed by atoms with Crippen LogP contribution in [0, 0.1) is 0 Å². The van der Waals surface area contributed by atoms with Crippen molar-refractivity contribution in [3.63, 3.8) is 0 Å². The Morgan fingerprint density at radius 1 is 1.29 bits per heavy atom. The van der Waals surface area contributed by atoms with Gasteiger partial charge in [0.1, 0.15) is 10.8 Å². The van der Waals surface area contributed by atoms with Crippen LogP contribution in [-0.4, -0.2) is 34.8 Å². The van der Waals surface area contributed by atoms with E-state index in [-0.39, 0.29) is 11.4 Å². The Kier molecular flexibility index (Phi) is 4.45. The van der Waals surface area contributed by atoms with Crippen LogP contribution in [0.2, 0.25) is 0 Å². The summed E-state index contributed by atoms with van der Waals surface area (Å²) in [4.78, 5) is 14.3. The van der Waals surface area contributed by atoms with Gasteiger partial charge < -0.3 is 9.64 Å². The molecule has 0 radical (unpaired) electrons. The summed E-state index contributed by atoms with van der Waals surface area (Å²) in [6.07, 6.45) is 0.843. The summed E-state index contributed by atoms with van der Waals surface area (Å²) in [7, 11) is 1.65. The summed E-state index contributed by atoms with van der Waals surface area (Å²) in [6, 6.07) is 5.89. The number of anilines is 1. The molecule has 2 amide bonds. The standard InChI is InChI=1S/C17H22N4O2S/c1-17(2,3)14-19-20-15(24-14)18-16(22)21-8-7-11-5-6-13(23-4)9-12(11)10-21/h5-6,9H,7-8,10H2,1-4H3,(H,18,20,22). The quantitative estimate of drug-likeness (QED) is 0.904. The Labute approximate surface area is 145 Å². The van der Waals surface area contributed by atoms with Crippen molar-refractivity contribution in [1.29, 1.82) is 0 Å². The highest BCUT2D eigenvalue weighted by Gasteiger charge is 2.24. The van der Waals surface area contributed by atoms with Crippen LogP contribution in [0.4, 0.5) is 9.93 Å². The summed E-state index contributed by atoms with van der Waals surface area (Å²) in [6.45, 7) is 7.50. The second kappa shape index (κ2) is 6.39. The Morgan fingerprint density at radius 2 is 2.08 bits per heavy atom. The zero-order valence-corrected chi connectivity index (χ0v) is 15.2. The minimum Gasteiger partial charge on any atom is -0.497 e. The summed E-state index contributed by atoms with van der Waals surface area (Å²) in [5, 5.41) is 12.6. The van der Waals surface area contributed by atoms with Gasteiger partial charge in [0.2, 0.25) is 5.13 Å². The predicted octanol–water partition coefficient (Wildman–Crippen LogP) is 3.43. The number of carbonyl (C=O) groups excluding carboxylic acids is 1. The Bertz CT molecular complexity index is 751. The van der Waals surface area contributed by atoms with Crippen LogP contribution in [-0.2, 0) is 18.4 Å².